The van der Waals surface area contributed by atoms with Gasteiger partial charge in [0.25, 0.3) is 0 Å². The van der Waals surface area contributed by atoms with Crippen LogP contribution in [0, 0.1) is 0 Å². The van der Waals surface area contributed by atoms with Crippen LogP contribution in [0.15, 0.2) is 42.5 Å². The Labute approximate surface area is 95.4 Å². The van der Waals surface area contributed by atoms with Crippen molar-refractivity contribution in [1.82, 2.24) is 0 Å². The van der Waals surface area contributed by atoms with Gasteiger partial charge in [-0.15, -0.1) is 0 Å². The molecule has 0 heterocycles. The van der Waals surface area contributed by atoms with Gasteiger partial charge in [0.1, 0.15) is 6.61 Å². The second kappa shape index (κ2) is 6.08. The normalized spacial score (nSPS) is 11.9. The SMILES string of the molecule is C=C(C)[C@H](O)CC(=O)OCc1ccccc1. The molecule has 0 saturated carbocycles. The number of hydrogen-bond acceptors (Lipinski definition) is 3. The summed E-state index contributed by atoms with van der Waals surface area (Å²) in [5.41, 5.74) is 1.50. The van der Waals surface area contributed by atoms with Crippen molar-refractivity contribution in [1.29, 1.82) is 0 Å². The Morgan fingerprint density at radius 3 is 2.62 bits per heavy atom. The first-order valence-corrected chi connectivity index (χ1v) is 5.12. The third-order valence-corrected chi connectivity index (χ3v) is 2.17. The van der Waals surface area contributed by atoms with Gasteiger partial charge in [0, 0.05) is 0 Å². The van der Waals surface area contributed by atoms with Crippen LogP contribution in [0.1, 0.15) is 18.9 Å². The highest BCUT2D eigenvalue weighted by Crippen LogP contribution is 2.06. The number of esters is 1. The molecule has 0 aliphatic heterocycles. The Morgan fingerprint density at radius 2 is 2.06 bits per heavy atom. The number of rotatable bonds is 5. The zero-order chi connectivity index (χ0) is 12.0. The molecule has 0 saturated heterocycles. The molecule has 1 aromatic carbocycles. The Bertz CT molecular complexity index is 357. The smallest absolute Gasteiger partial charge is 0.309 e. The molecule has 3 nitrogen and oxygen atoms in total. The van der Waals surface area contributed by atoms with Crippen molar-refractivity contribution in [2.24, 2.45) is 0 Å². The zero-order valence-electron chi connectivity index (χ0n) is 9.35. The molecule has 0 aliphatic rings. The van der Waals surface area contributed by atoms with E-state index in [9.17, 15) is 9.90 Å². The standard InChI is InChI=1S/C13H16O3/c1-10(2)12(14)8-13(15)16-9-11-6-4-3-5-7-11/h3-7,12,14H,1,8-9H2,2H3/t12-/m1/s1. The summed E-state index contributed by atoms with van der Waals surface area (Å²) < 4.78 is 5.01. The molecule has 3 heteroatoms. The van der Waals surface area contributed by atoms with Crippen LogP contribution in [0.3, 0.4) is 0 Å². The van der Waals surface area contributed by atoms with E-state index >= 15 is 0 Å². The van der Waals surface area contributed by atoms with Crippen molar-refractivity contribution in [3.63, 3.8) is 0 Å². The van der Waals surface area contributed by atoms with Crippen molar-refractivity contribution in [2.75, 3.05) is 0 Å². The summed E-state index contributed by atoms with van der Waals surface area (Å²) in [5, 5.41) is 9.39. The molecule has 0 radical (unpaired) electrons. The molecule has 1 aromatic rings. The maximum absolute atomic E-state index is 11.3. The highest BCUT2D eigenvalue weighted by Gasteiger charge is 2.12. The lowest BCUT2D eigenvalue weighted by Crippen LogP contribution is -2.16. The van der Waals surface area contributed by atoms with Gasteiger partial charge in [-0.25, -0.2) is 0 Å². The van der Waals surface area contributed by atoms with Gasteiger partial charge in [-0.2, -0.15) is 0 Å². The minimum absolute atomic E-state index is 0.0395. The van der Waals surface area contributed by atoms with Crippen molar-refractivity contribution in [3.8, 4) is 0 Å². The van der Waals surface area contributed by atoms with E-state index in [0.29, 0.717) is 5.57 Å². The number of carbonyl (C=O) groups is 1. The first-order valence-electron chi connectivity index (χ1n) is 5.12. The lowest BCUT2D eigenvalue weighted by molar-refractivity contribution is -0.146. The maximum Gasteiger partial charge on any atom is 0.309 e. The predicted molar refractivity (Wildman–Crippen MR) is 61.7 cm³/mol. The van der Waals surface area contributed by atoms with E-state index in [4.69, 9.17) is 4.74 Å². The van der Waals surface area contributed by atoms with E-state index in [2.05, 4.69) is 6.58 Å². The van der Waals surface area contributed by atoms with Gasteiger partial charge in [0.05, 0.1) is 12.5 Å². The summed E-state index contributed by atoms with van der Waals surface area (Å²) >= 11 is 0. The summed E-state index contributed by atoms with van der Waals surface area (Å²) in [6, 6.07) is 9.42. The van der Waals surface area contributed by atoms with Crippen LogP contribution in [0.2, 0.25) is 0 Å². The predicted octanol–water partition coefficient (Wildman–Crippen LogP) is 2.06. The van der Waals surface area contributed by atoms with E-state index in [1.165, 1.54) is 0 Å². The molecule has 0 unspecified atom stereocenters. The van der Waals surface area contributed by atoms with Crippen molar-refractivity contribution in [2.45, 2.75) is 26.1 Å². The zero-order valence-corrected chi connectivity index (χ0v) is 9.35. The number of aliphatic hydroxyl groups excluding tert-OH is 1. The van der Waals surface area contributed by atoms with Gasteiger partial charge >= 0.3 is 5.97 Å². The molecule has 1 rings (SSSR count). The van der Waals surface area contributed by atoms with Crippen molar-refractivity contribution >= 4 is 5.97 Å². The molecule has 1 N–H and O–H groups in total. The third-order valence-electron chi connectivity index (χ3n) is 2.17. The first-order chi connectivity index (χ1) is 7.59. The van der Waals surface area contributed by atoms with Gasteiger partial charge in [-0.1, -0.05) is 42.5 Å². The van der Waals surface area contributed by atoms with Crippen LogP contribution in [0.5, 0.6) is 0 Å². The Balaban J connectivity index is 2.33. The lowest BCUT2D eigenvalue weighted by atomic mass is 10.1. The van der Waals surface area contributed by atoms with Crippen LogP contribution in [-0.2, 0) is 16.1 Å². The topological polar surface area (TPSA) is 46.5 Å². The molecule has 0 fully saturated rings. The minimum Gasteiger partial charge on any atom is -0.461 e. The van der Waals surface area contributed by atoms with Gasteiger partial charge in [0.15, 0.2) is 0 Å². The summed E-state index contributed by atoms with van der Waals surface area (Å²) in [7, 11) is 0. The molecular formula is C13H16O3. The quantitative estimate of drug-likeness (QED) is 0.610. The maximum atomic E-state index is 11.3. The van der Waals surface area contributed by atoms with E-state index in [-0.39, 0.29) is 13.0 Å². The highest BCUT2D eigenvalue weighted by molar-refractivity contribution is 5.70. The Kier molecular flexibility index (Phi) is 4.73. The molecule has 0 amide bonds. The fourth-order valence-corrected chi connectivity index (χ4v) is 1.13. The fourth-order valence-electron chi connectivity index (χ4n) is 1.13. The second-order valence-corrected chi connectivity index (χ2v) is 3.71. The van der Waals surface area contributed by atoms with Gasteiger partial charge in [-0.05, 0) is 12.5 Å². The Hall–Kier alpha value is -1.61. The molecule has 86 valence electrons. The van der Waals surface area contributed by atoms with Crippen LogP contribution < -0.4 is 0 Å². The average Bonchev–Trinajstić information content (AvgIpc) is 2.27. The molecule has 0 bridgehead atoms. The third kappa shape index (κ3) is 4.28. The Morgan fingerprint density at radius 1 is 1.44 bits per heavy atom. The molecular weight excluding hydrogens is 204 g/mol. The van der Waals surface area contributed by atoms with Crippen LogP contribution in [-0.4, -0.2) is 17.2 Å². The summed E-state index contributed by atoms with van der Waals surface area (Å²) in [6.45, 7) is 5.48. The van der Waals surface area contributed by atoms with E-state index in [0.717, 1.165) is 5.56 Å². The molecule has 0 spiro atoms. The van der Waals surface area contributed by atoms with Crippen molar-refractivity contribution < 1.29 is 14.6 Å². The first kappa shape index (κ1) is 12.5. The number of aliphatic hydroxyl groups is 1. The number of carbonyl (C=O) groups excluding carboxylic acids is 1. The highest BCUT2D eigenvalue weighted by atomic mass is 16.5. The van der Waals surface area contributed by atoms with Crippen LogP contribution in [0.25, 0.3) is 0 Å². The largest absolute Gasteiger partial charge is 0.461 e. The number of ether oxygens (including phenoxy) is 1. The summed E-state index contributed by atoms with van der Waals surface area (Å²) in [6.07, 6.45) is -0.856. The monoisotopic (exact) mass is 220 g/mol. The van der Waals surface area contributed by atoms with E-state index in [1.54, 1.807) is 6.92 Å². The second-order valence-electron chi connectivity index (χ2n) is 3.71. The summed E-state index contributed by atoms with van der Waals surface area (Å²) in [5.74, 6) is -0.417. The number of benzene rings is 1. The number of hydrogen-bond donors (Lipinski definition) is 1. The minimum atomic E-state index is -0.816. The molecule has 0 aliphatic carbocycles. The van der Waals surface area contributed by atoms with E-state index < -0.39 is 12.1 Å². The summed E-state index contributed by atoms with van der Waals surface area (Å²) in [4.78, 5) is 11.3. The van der Waals surface area contributed by atoms with Gasteiger partial charge in [0.2, 0.25) is 0 Å². The van der Waals surface area contributed by atoms with Gasteiger partial charge < -0.3 is 9.84 Å². The van der Waals surface area contributed by atoms with Gasteiger partial charge in [-0.3, -0.25) is 4.79 Å². The van der Waals surface area contributed by atoms with Crippen LogP contribution >= 0.6 is 0 Å². The fraction of sp³-hybridized carbons (Fsp3) is 0.308. The average molecular weight is 220 g/mol. The van der Waals surface area contributed by atoms with Crippen molar-refractivity contribution in [3.05, 3.63) is 48.0 Å². The van der Waals surface area contributed by atoms with Crippen LogP contribution in [0.4, 0.5) is 0 Å². The molecule has 1 atom stereocenters. The molecule has 0 aromatic heterocycles. The molecule has 16 heavy (non-hydrogen) atoms. The van der Waals surface area contributed by atoms with E-state index in [1.807, 2.05) is 30.3 Å². The lowest BCUT2D eigenvalue weighted by Gasteiger charge is -2.09.